The average molecular weight is 178 g/mol. The van der Waals surface area contributed by atoms with E-state index in [4.69, 9.17) is 0 Å². The first-order valence-corrected chi connectivity index (χ1v) is 4.42. The van der Waals surface area contributed by atoms with Gasteiger partial charge in [0.15, 0.2) is 0 Å². The van der Waals surface area contributed by atoms with Gasteiger partial charge in [-0.05, 0) is 35.9 Å². The standard InChI is InChI=1S/C10H14N2O/c1-3-8-12(2)10-6-4-9(11-13)5-7-10/h4-7H,3,8H2,1-2H3. The van der Waals surface area contributed by atoms with Gasteiger partial charge in [0.2, 0.25) is 0 Å². The molecule has 13 heavy (non-hydrogen) atoms. The lowest BCUT2D eigenvalue weighted by molar-refractivity contribution is 0.852. The molecule has 0 aliphatic heterocycles. The van der Waals surface area contributed by atoms with Crippen molar-refractivity contribution in [2.75, 3.05) is 18.5 Å². The van der Waals surface area contributed by atoms with Crippen LogP contribution in [-0.2, 0) is 0 Å². The molecule has 3 nitrogen and oxygen atoms in total. The second-order valence-corrected chi connectivity index (χ2v) is 3.03. The Hall–Kier alpha value is -1.38. The van der Waals surface area contributed by atoms with Gasteiger partial charge in [0.25, 0.3) is 0 Å². The molecule has 0 atom stereocenters. The third-order valence-corrected chi connectivity index (χ3v) is 1.95. The highest BCUT2D eigenvalue weighted by Gasteiger charge is 1.98. The maximum Gasteiger partial charge on any atom is 0.108 e. The molecule has 1 aromatic carbocycles. The van der Waals surface area contributed by atoms with Crippen LogP contribution >= 0.6 is 0 Å². The highest BCUT2D eigenvalue weighted by Crippen LogP contribution is 2.18. The van der Waals surface area contributed by atoms with Crippen LogP contribution in [0.25, 0.3) is 0 Å². The van der Waals surface area contributed by atoms with Gasteiger partial charge >= 0.3 is 0 Å². The number of anilines is 1. The van der Waals surface area contributed by atoms with Gasteiger partial charge in [0.05, 0.1) is 0 Å². The smallest absolute Gasteiger partial charge is 0.108 e. The summed E-state index contributed by atoms with van der Waals surface area (Å²) in [6.07, 6.45) is 1.12. The van der Waals surface area contributed by atoms with Crippen LogP contribution in [0.15, 0.2) is 29.4 Å². The quantitative estimate of drug-likeness (QED) is 0.664. The Morgan fingerprint density at radius 1 is 1.31 bits per heavy atom. The summed E-state index contributed by atoms with van der Waals surface area (Å²) >= 11 is 0. The van der Waals surface area contributed by atoms with Gasteiger partial charge in [0.1, 0.15) is 5.69 Å². The van der Waals surface area contributed by atoms with Crippen molar-refractivity contribution < 1.29 is 0 Å². The zero-order chi connectivity index (χ0) is 9.68. The lowest BCUT2D eigenvalue weighted by Crippen LogP contribution is -2.17. The first-order valence-electron chi connectivity index (χ1n) is 4.42. The van der Waals surface area contributed by atoms with Gasteiger partial charge in [-0.15, -0.1) is 4.91 Å². The minimum Gasteiger partial charge on any atom is -0.375 e. The lowest BCUT2D eigenvalue weighted by atomic mass is 10.2. The van der Waals surface area contributed by atoms with Crippen molar-refractivity contribution in [3.05, 3.63) is 29.2 Å². The number of hydrogen-bond acceptors (Lipinski definition) is 3. The molecule has 1 rings (SSSR count). The summed E-state index contributed by atoms with van der Waals surface area (Å²) in [5.41, 5.74) is 1.60. The van der Waals surface area contributed by atoms with Crippen molar-refractivity contribution in [2.24, 2.45) is 5.18 Å². The SMILES string of the molecule is CCCN(C)c1ccc(N=O)cc1. The highest BCUT2D eigenvalue weighted by atomic mass is 16.3. The van der Waals surface area contributed by atoms with Crippen molar-refractivity contribution in [1.29, 1.82) is 0 Å². The summed E-state index contributed by atoms with van der Waals surface area (Å²) in [7, 11) is 2.03. The molecule has 0 aliphatic rings. The molecule has 0 fully saturated rings. The molecule has 0 spiro atoms. The number of nitroso groups, excluding NO2 is 1. The van der Waals surface area contributed by atoms with E-state index in [1.165, 1.54) is 0 Å². The minimum absolute atomic E-state index is 0.480. The second-order valence-electron chi connectivity index (χ2n) is 3.03. The molecule has 0 saturated heterocycles. The van der Waals surface area contributed by atoms with Gasteiger partial charge in [-0.2, -0.15) is 0 Å². The Balaban J connectivity index is 2.73. The summed E-state index contributed by atoms with van der Waals surface area (Å²) in [5, 5.41) is 2.85. The zero-order valence-electron chi connectivity index (χ0n) is 8.03. The molecular weight excluding hydrogens is 164 g/mol. The van der Waals surface area contributed by atoms with E-state index < -0.39 is 0 Å². The fourth-order valence-electron chi connectivity index (χ4n) is 1.23. The molecule has 0 unspecified atom stereocenters. The predicted molar refractivity (Wildman–Crippen MR) is 55.5 cm³/mol. The summed E-state index contributed by atoms with van der Waals surface area (Å²) in [5.74, 6) is 0. The van der Waals surface area contributed by atoms with Gasteiger partial charge in [0, 0.05) is 19.3 Å². The average Bonchev–Trinajstić information content (AvgIpc) is 2.18. The van der Waals surface area contributed by atoms with Crippen LogP contribution in [0.1, 0.15) is 13.3 Å². The van der Waals surface area contributed by atoms with Crippen LogP contribution in [0.5, 0.6) is 0 Å². The Kier molecular flexibility index (Phi) is 3.43. The Morgan fingerprint density at radius 2 is 1.92 bits per heavy atom. The van der Waals surface area contributed by atoms with Gasteiger partial charge < -0.3 is 4.90 Å². The van der Waals surface area contributed by atoms with E-state index in [0.29, 0.717) is 5.69 Å². The fourth-order valence-corrected chi connectivity index (χ4v) is 1.23. The van der Waals surface area contributed by atoms with Crippen molar-refractivity contribution in [3.8, 4) is 0 Å². The zero-order valence-corrected chi connectivity index (χ0v) is 8.03. The van der Waals surface area contributed by atoms with Crippen LogP contribution in [-0.4, -0.2) is 13.6 Å². The Morgan fingerprint density at radius 3 is 2.38 bits per heavy atom. The summed E-state index contributed by atoms with van der Waals surface area (Å²) in [6.45, 7) is 3.16. The van der Waals surface area contributed by atoms with Crippen molar-refractivity contribution in [2.45, 2.75) is 13.3 Å². The molecule has 0 amide bonds. The molecule has 0 heterocycles. The molecule has 0 radical (unpaired) electrons. The Bertz CT molecular complexity index is 269. The largest absolute Gasteiger partial charge is 0.375 e. The van der Waals surface area contributed by atoms with Crippen molar-refractivity contribution >= 4 is 11.4 Å². The molecule has 1 aromatic rings. The number of benzene rings is 1. The normalized spacial score (nSPS) is 9.69. The predicted octanol–water partition coefficient (Wildman–Crippen LogP) is 2.93. The van der Waals surface area contributed by atoms with E-state index in [1.807, 2.05) is 19.2 Å². The first-order chi connectivity index (χ1) is 6.27. The van der Waals surface area contributed by atoms with Crippen LogP contribution in [0, 0.1) is 4.91 Å². The second kappa shape index (κ2) is 4.60. The third-order valence-electron chi connectivity index (χ3n) is 1.95. The van der Waals surface area contributed by atoms with Gasteiger partial charge in [-0.3, -0.25) is 0 Å². The maximum absolute atomic E-state index is 10.1. The van der Waals surface area contributed by atoms with Crippen LogP contribution < -0.4 is 4.90 Å². The molecule has 70 valence electrons. The fraction of sp³-hybridized carbons (Fsp3) is 0.400. The maximum atomic E-state index is 10.1. The lowest BCUT2D eigenvalue weighted by Gasteiger charge is -2.17. The van der Waals surface area contributed by atoms with E-state index in [0.717, 1.165) is 18.7 Å². The van der Waals surface area contributed by atoms with Crippen molar-refractivity contribution in [3.63, 3.8) is 0 Å². The van der Waals surface area contributed by atoms with Crippen molar-refractivity contribution in [1.82, 2.24) is 0 Å². The van der Waals surface area contributed by atoms with E-state index in [1.54, 1.807) is 12.1 Å². The molecule has 3 heteroatoms. The molecule has 0 saturated carbocycles. The number of rotatable bonds is 4. The highest BCUT2D eigenvalue weighted by molar-refractivity contribution is 5.52. The molecule has 0 aromatic heterocycles. The molecule has 0 bridgehead atoms. The summed E-state index contributed by atoms with van der Waals surface area (Å²) in [4.78, 5) is 12.3. The van der Waals surface area contributed by atoms with Crippen LogP contribution in [0.4, 0.5) is 11.4 Å². The molecule has 0 N–H and O–H groups in total. The number of hydrogen-bond donors (Lipinski definition) is 0. The Labute approximate surface area is 78.3 Å². The first kappa shape index (κ1) is 9.71. The van der Waals surface area contributed by atoms with Crippen LogP contribution in [0.2, 0.25) is 0 Å². The van der Waals surface area contributed by atoms with E-state index >= 15 is 0 Å². The number of nitrogens with zero attached hydrogens (tertiary/aromatic N) is 2. The monoisotopic (exact) mass is 178 g/mol. The topological polar surface area (TPSA) is 32.7 Å². The third kappa shape index (κ3) is 2.54. The van der Waals surface area contributed by atoms with E-state index in [2.05, 4.69) is 17.0 Å². The summed E-state index contributed by atoms with van der Waals surface area (Å²) < 4.78 is 0. The van der Waals surface area contributed by atoms with Gasteiger partial charge in [-0.25, -0.2) is 0 Å². The van der Waals surface area contributed by atoms with Gasteiger partial charge in [-0.1, -0.05) is 6.92 Å². The van der Waals surface area contributed by atoms with E-state index in [9.17, 15) is 4.91 Å². The minimum atomic E-state index is 0.480. The van der Waals surface area contributed by atoms with E-state index in [-0.39, 0.29) is 0 Å². The summed E-state index contributed by atoms with van der Waals surface area (Å²) in [6, 6.07) is 7.28. The van der Waals surface area contributed by atoms with Crippen LogP contribution in [0.3, 0.4) is 0 Å². The molecular formula is C10H14N2O. The molecule has 0 aliphatic carbocycles.